The Balaban J connectivity index is 1.83. The highest BCUT2D eigenvalue weighted by atomic mass is 35.5. The Labute approximate surface area is 140 Å². The largest absolute Gasteiger partial charge is 0.489 e. The number of fused-ring (bicyclic) bond motifs is 1. The predicted molar refractivity (Wildman–Crippen MR) is 94.0 cm³/mol. The van der Waals surface area contributed by atoms with Crippen LogP contribution in [0.2, 0.25) is 0 Å². The Bertz CT molecular complexity index is 841. The first-order valence-electron chi connectivity index (χ1n) is 7.51. The summed E-state index contributed by atoms with van der Waals surface area (Å²) >= 11 is 5.50. The molecular formula is C20H17ClO2. The molecule has 3 rings (SSSR count). The van der Waals surface area contributed by atoms with Gasteiger partial charge in [-0.2, -0.15) is 0 Å². The number of ether oxygens (including phenoxy) is 1. The Morgan fingerprint density at radius 3 is 2.57 bits per heavy atom. The van der Waals surface area contributed by atoms with E-state index in [1.807, 2.05) is 67.6 Å². The quantitative estimate of drug-likeness (QED) is 0.615. The van der Waals surface area contributed by atoms with Crippen LogP contribution < -0.4 is 4.74 Å². The van der Waals surface area contributed by atoms with Gasteiger partial charge in [0.2, 0.25) is 5.24 Å². The monoisotopic (exact) mass is 324 g/mol. The summed E-state index contributed by atoms with van der Waals surface area (Å²) in [6.07, 6.45) is 0.260. The summed E-state index contributed by atoms with van der Waals surface area (Å²) in [6.45, 7) is 2.56. The molecule has 0 aliphatic heterocycles. The average Bonchev–Trinajstić information content (AvgIpc) is 2.56. The molecule has 0 spiro atoms. The van der Waals surface area contributed by atoms with Crippen LogP contribution in [0.1, 0.15) is 16.7 Å². The molecule has 0 atom stereocenters. The van der Waals surface area contributed by atoms with Crippen molar-refractivity contribution >= 4 is 27.6 Å². The topological polar surface area (TPSA) is 26.3 Å². The number of carbonyl (C=O) groups is 1. The number of hydrogen-bond acceptors (Lipinski definition) is 2. The smallest absolute Gasteiger partial charge is 0.226 e. The van der Waals surface area contributed by atoms with Crippen LogP contribution in [0.15, 0.2) is 60.7 Å². The summed E-state index contributed by atoms with van der Waals surface area (Å²) in [5.74, 6) is 0.835. The lowest BCUT2D eigenvalue weighted by Crippen LogP contribution is -1.98. The second kappa shape index (κ2) is 6.84. The first-order valence-corrected chi connectivity index (χ1v) is 7.88. The van der Waals surface area contributed by atoms with Gasteiger partial charge in [-0.1, -0.05) is 48.5 Å². The summed E-state index contributed by atoms with van der Waals surface area (Å²) in [5.41, 5.74) is 3.20. The van der Waals surface area contributed by atoms with Crippen molar-refractivity contribution in [2.24, 2.45) is 0 Å². The van der Waals surface area contributed by atoms with Crippen molar-refractivity contribution in [2.45, 2.75) is 20.0 Å². The van der Waals surface area contributed by atoms with E-state index >= 15 is 0 Å². The Kier molecular flexibility index (Phi) is 4.63. The van der Waals surface area contributed by atoms with E-state index in [4.69, 9.17) is 16.3 Å². The molecule has 0 bridgehead atoms. The molecule has 3 aromatic carbocycles. The second-order valence-electron chi connectivity index (χ2n) is 5.54. The molecule has 23 heavy (non-hydrogen) atoms. The van der Waals surface area contributed by atoms with Gasteiger partial charge in [-0.05, 0) is 58.1 Å². The van der Waals surface area contributed by atoms with Crippen molar-refractivity contribution in [3.05, 3.63) is 77.4 Å². The van der Waals surface area contributed by atoms with E-state index in [1.165, 1.54) is 0 Å². The van der Waals surface area contributed by atoms with Crippen LogP contribution in [-0.4, -0.2) is 5.24 Å². The molecular weight excluding hydrogens is 308 g/mol. The summed E-state index contributed by atoms with van der Waals surface area (Å²) in [6, 6.07) is 20.1. The maximum atomic E-state index is 11.1. The lowest BCUT2D eigenvalue weighted by Gasteiger charge is -2.11. The van der Waals surface area contributed by atoms with Gasteiger partial charge in [0.1, 0.15) is 12.4 Å². The van der Waals surface area contributed by atoms with Crippen LogP contribution in [0.3, 0.4) is 0 Å². The van der Waals surface area contributed by atoms with Crippen LogP contribution in [0, 0.1) is 6.92 Å². The van der Waals surface area contributed by atoms with Gasteiger partial charge in [-0.3, -0.25) is 4.79 Å². The third-order valence-corrected chi connectivity index (χ3v) is 4.08. The second-order valence-corrected chi connectivity index (χ2v) is 5.96. The van der Waals surface area contributed by atoms with E-state index in [2.05, 4.69) is 0 Å². The molecule has 0 saturated heterocycles. The Hall–Kier alpha value is -2.32. The van der Waals surface area contributed by atoms with E-state index < -0.39 is 0 Å². The highest BCUT2D eigenvalue weighted by Crippen LogP contribution is 2.27. The molecule has 0 N–H and O–H groups in total. The zero-order chi connectivity index (χ0) is 16.2. The maximum absolute atomic E-state index is 11.1. The minimum Gasteiger partial charge on any atom is -0.489 e. The highest BCUT2D eigenvalue weighted by molar-refractivity contribution is 6.63. The fraction of sp³-hybridized carbons (Fsp3) is 0.150. The van der Waals surface area contributed by atoms with Crippen LogP contribution in [0.5, 0.6) is 5.75 Å². The van der Waals surface area contributed by atoms with Crippen molar-refractivity contribution in [1.82, 2.24) is 0 Å². The van der Waals surface area contributed by atoms with Gasteiger partial charge < -0.3 is 4.74 Å². The molecule has 116 valence electrons. The van der Waals surface area contributed by atoms with Crippen molar-refractivity contribution < 1.29 is 9.53 Å². The van der Waals surface area contributed by atoms with E-state index in [1.54, 1.807) is 0 Å². The standard InChI is InChI=1S/C20H17ClO2/c1-14-16(12-20(21)22)7-8-17-11-18(9-10-19(14)17)23-13-15-5-3-2-4-6-15/h2-11H,12-13H2,1H3. The number of halogens is 1. The average molecular weight is 325 g/mol. The van der Waals surface area contributed by atoms with Gasteiger partial charge in [0.05, 0.1) is 0 Å². The molecule has 0 saturated carbocycles. The SMILES string of the molecule is Cc1c(CC(=O)Cl)ccc2cc(OCc3ccccc3)ccc12. The molecule has 0 heterocycles. The van der Waals surface area contributed by atoms with Gasteiger partial charge in [0.25, 0.3) is 0 Å². The highest BCUT2D eigenvalue weighted by Gasteiger charge is 2.08. The molecule has 0 radical (unpaired) electrons. The summed E-state index contributed by atoms with van der Waals surface area (Å²) in [4.78, 5) is 11.1. The summed E-state index contributed by atoms with van der Waals surface area (Å²) < 4.78 is 5.86. The molecule has 0 aromatic heterocycles. The van der Waals surface area contributed by atoms with E-state index in [0.717, 1.165) is 33.2 Å². The van der Waals surface area contributed by atoms with Gasteiger partial charge >= 0.3 is 0 Å². The van der Waals surface area contributed by atoms with Crippen LogP contribution in [0.4, 0.5) is 0 Å². The number of hydrogen-bond donors (Lipinski definition) is 0. The van der Waals surface area contributed by atoms with Gasteiger partial charge in [0, 0.05) is 6.42 Å². The first-order chi connectivity index (χ1) is 11.1. The molecule has 3 heteroatoms. The predicted octanol–water partition coefficient (Wildman–Crippen LogP) is 5.04. The molecule has 0 unspecified atom stereocenters. The van der Waals surface area contributed by atoms with Crippen molar-refractivity contribution in [1.29, 1.82) is 0 Å². The number of aryl methyl sites for hydroxylation is 1. The number of carbonyl (C=O) groups excluding carboxylic acids is 1. The van der Waals surface area contributed by atoms with E-state index in [0.29, 0.717) is 6.61 Å². The molecule has 3 aromatic rings. The lowest BCUT2D eigenvalue weighted by atomic mass is 9.98. The first kappa shape index (κ1) is 15.6. The van der Waals surface area contributed by atoms with Crippen LogP contribution >= 0.6 is 11.6 Å². The van der Waals surface area contributed by atoms with E-state index in [9.17, 15) is 4.79 Å². The van der Waals surface area contributed by atoms with Gasteiger partial charge in [-0.15, -0.1) is 0 Å². The van der Waals surface area contributed by atoms with Gasteiger partial charge in [-0.25, -0.2) is 0 Å². The molecule has 0 fully saturated rings. The zero-order valence-electron chi connectivity index (χ0n) is 12.9. The molecule has 2 nitrogen and oxygen atoms in total. The van der Waals surface area contributed by atoms with Crippen molar-refractivity contribution in [3.8, 4) is 5.75 Å². The minimum absolute atomic E-state index is 0.260. The Morgan fingerprint density at radius 1 is 1.04 bits per heavy atom. The van der Waals surface area contributed by atoms with Gasteiger partial charge in [0.15, 0.2) is 0 Å². The zero-order valence-corrected chi connectivity index (χ0v) is 13.6. The third-order valence-electron chi connectivity index (χ3n) is 3.95. The van der Waals surface area contributed by atoms with Crippen LogP contribution in [0.25, 0.3) is 10.8 Å². The van der Waals surface area contributed by atoms with E-state index in [-0.39, 0.29) is 11.7 Å². The Morgan fingerprint density at radius 2 is 1.83 bits per heavy atom. The fourth-order valence-corrected chi connectivity index (χ4v) is 2.82. The fourth-order valence-electron chi connectivity index (χ4n) is 2.68. The number of benzene rings is 3. The summed E-state index contributed by atoms with van der Waals surface area (Å²) in [5, 5.41) is 1.88. The van der Waals surface area contributed by atoms with Crippen LogP contribution in [-0.2, 0) is 17.8 Å². The molecule has 0 amide bonds. The molecule has 0 aliphatic carbocycles. The number of rotatable bonds is 5. The molecule has 0 aliphatic rings. The minimum atomic E-state index is -0.338. The van der Waals surface area contributed by atoms with Crippen molar-refractivity contribution in [2.75, 3.05) is 0 Å². The normalized spacial score (nSPS) is 10.7. The summed E-state index contributed by atoms with van der Waals surface area (Å²) in [7, 11) is 0. The maximum Gasteiger partial charge on any atom is 0.226 e. The van der Waals surface area contributed by atoms with Crippen molar-refractivity contribution in [3.63, 3.8) is 0 Å². The lowest BCUT2D eigenvalue weighted by molar-refractivity contribution is -0.111. The third kappa shape index (κ3) is 3.72.